The van der Waals surface area contributed by atoms with E-state index in [1.807, 2.05) is 22.9 Å². The maximum Gasteiger partial charge on any atom is 0.272 e. The summed E-state index contributed by atoms with van der Waals surface area (Å²) in [6, 6.07) is 5.94. The van der Waals surface area contributed by atoms with Crippen LogP contribution >= 0.6 is 34.4 Å². The summed E-state index contributed by atoms with van der Waals surface area (Å²) in [5, 5.41) is 7.44. The number of thioether (sulfide) groups is 1. The summed E-state index contributed by atoms with van der Waals surface area (Å²) in [5.41, 5.74) is 0.691. The van der Waals surface area contributed by atoms with Crippen molar-refractivity contribution in [2.75, 3.05) is 12.3 Å². The van der Waals surface area contributed by atoms with E-state index in [0.29, 0.717) is 28.5 Å². The number of thiophene rings is 2. The Morgan fingerprint density at radius 1 is 1.31 bits per heavy atom. The molecular weight excluding hydrogens is 386 g/mol. The minimum atomic E-state index is -0.0204. The lowest BCUT2D eigenvalue weighted by atomic mass is 10.3. The van der Waals surface area contributed by atoms with E-state index in [0.717, 1.165) is 19.3 Å². The van der Waals surface area contributed by atoms with Gasteiger partial charge in [0.1, 0.15) is 4.70 Å². The van der Waals surface area contributed by atoms with Crippen LogP contribution in [0.3, 0.4) is 0 Å². The summed E-state index contributed by atoms with van der Waals surface area (Å²) in [5.74, 6) is 0.248. The van der Waals surface area contributed by atoms with Crippen LogP contribution in [0.15, 0.2) is 38.9 Å². The topological polar surface area (TPSA) is 64.0 Å². The fraction of sp³-hybridized carbons (Fsp3) is 0.389. The number of aromatic nitrogens is 2. The number of nitrogens with one attached hydrogen (secondary N) is 1. The predicted octanol–water partition coefficient (Wildman–Crippen LogP) is 3.77. The molecule has 8 heteroatoms. The van der Waals surface area contributed by atoms with Gasteiger partial charge < -0.3 is 5.32 Å². The molecule has 5 nitrogen and oxygen atoms in total. The van der Waals surface area contributed by atoms with Crippen LogP contribution in [0.4, 0.5) is 0 Å². The van der Waals surface area contributed by atoms with Gasteiger partial charge in [0.25, 0.3) is 5.56 Å². The lowest BCUT2D eigenvalue weighted by Gasteiger charge is -2.11. The number of carbonyl (C=O) groups is 1. The fourth-order valence-electron chi connectivity index (χ4n) is 2.49. The molecule has 3 aromatic rings. The molecule has 0 aliphatic heterocycles. The zero-order valence-electron chi connectivity index (χ0n) is 14.6. The molecular formula is C18H21N3O2S3. The third-order valence-electron chi connectivity index (χ3n) is 3.88. The van der Waals surface area contributed by atoms with Crippen molar-refractivity contribution in [2.45, 2.75) is 37.9 Å². The molecule has 0 bridgehead atoms. The lowest BCUT2D eigenvalue weighted by Crippen LogP contribution is -2.27. The molecule has 0 radical (unpaired) electrons. The van der Waals surface area contributed by atoms with Crippen LogP contribution in [0, 0.1) is 0 Å². The van der Waals surface area contributed by atoms with Crippen LogP contribution in [-0.4, -0.2) is 27.8 Å². The zero-order chi connectivity index (χ0) is 18.4. The SMILES string of the molecule is CCCCNC(=O)CSc1nc2ccsc2c(=O)n1CCc1cccs1. The lowest BCUT2D eigenvalue weighted by molar-refractivity contribution is -0.118. The van der Waals surface area contributed by atoms with Crippen LogP contribution in [-0.2, 0) is 17.8 Å². The van der Waals surface area contributed by atoms with Gasteiger partial charge in [-0.25, -0.2) is 4.98 Å². The summed E-state index contributed by atoms with van der Waals surface area (Å²) in [6.45, 7) is 3.35. The van der Waals surface area contributed by atoms with Crippen molar-refractivity contribution >= 4 is 50.6 Å². The number of hydrogen-bond donors (Lipinski definition) is 1. The average molecular weight is 408 g/mol. The largest absolute Gasteiger partial charge is 0.355 e. The Balaban J connectivity index is 1.77. The highest BCUT2D eigenvalue weighted by atomic mass is 32.2. The van der Waals surface area contributed by atoms with Gasteiger partial charge in [-0.15, -0.1) is 22.7 Å². The Morgan fingerprint density at radius 2 is 2.19 bits per heavy atom. The van der Waals surface area contributed by atoms with Gasteiger partial charge in [-0.2, -0.15) is 0 Å². The maximum atomic E-state index is 12.8. The first kappa shape index (κ1) is 19.1. The van der Waals surface area contributed by atoms with Crippen molar-refractivity contribution in [3.05, 3.63) is 44.2 Å². The van der Waals surface area contributed by atoms with Crippen molar-refractivity contribution in [3.8, 4) is 0 Å². The molecule has 138 valence electrons. The molecule has 26 heavy (non-hydrogen) atoms. The maximum absolute atomic E-state index is 12.8. The number of amides is 1. The zero-order valence-corrected chi connectivity index (χ0v) is 17.0. The van der Waals surface area contributed by atoms with E-state index < -0.39 is 0 Å². The van der Waals surface area contributed by atoms with Crippen LogP contribution in [0.1, 0.15) is 24.6 Å². The second kappa shape index (κ2) is 9.34. The monoisotopic (exact) mass is 407 g/mol. The Labute approximate surface area is 164 Å². The van der Waals surface area contributed by atoms with Crippen molar-refractivity contribution in [2.24, 2.45) is 0 Å². The first-order chi connectivity index (χ1) is 12.7. The number of fused-ring (bicyclic) bond motifs is 1. The number of unbranched alkanes of at least 4 members (excludes halogenated alkanes) is 1. The molecule has 3 heterocycles. The van der Waals surface area contributed by atoms with Gasteiger partial charge in [0, 0.05) is 18.0 Å². The Hall–Kier alpha value is -1.64. The molecule has 0 aliphatic carbocycles. The number of aryl methyl sites for hydroxylation is 1. The van der Waals surface area contributed by atoms with E-state index in [9.17, 15) is 9.59 Å². The van der Waals surface area contributed by atoms with Crippen LogP contribution in [0.25, 0.3) is 10.2 Å². The van der Waals surface area contributed by atoms with Crippen LogP contribution < -0.4 is 10.9 Å². The molecule has 3 aromatic heterocycles. The second-order valence-electron chi connectivity index (χ2n) is 5.81. The third-order valence-corrected chi connectivity index (χ3v) is 6.68. The molecule has 3 rings (SSSR count). The van der Waals surface area contributed by atoms with Crippen molar-refractivity contribution in [3.63, 3.8) is 0 Å². The predicted molar refractivity (Wildman–Crippen MR) is 111 cm³/mol. The summed E-state index contributed by atoms with van der Waals surface area (Å²) < 4.78 is 2.38. The van der Waals surface area contributed by atoms with Crippen LogP contribution in [0.2, 0.25) is 0 Å². The highest BCUT2D eigenvalue weighted by Crippen LogP contribution is 2.21. The molecule has 0 spiro atoms. The van der Waals surface area contributed by atoms with Crippen molar-refractivity contribution in [1.29, 1.82) is 0 Å². The quantitative estimate of drug-likeness (QED) is 0.333. The van der Waals surface area contributed by atoms with Gasteiger partial charge >= 0.3 is 0 Å². The number of hydrogen-bond acceptors (Lipinski definition) is 6. The minimum absolute atomic E-state index is 0.0181. The number of rotatable bonds is 9. The molecule has 0 saturated carbocycles. The van der Waals surface area contributed by atoms with Crippen molar-refractivity contribution in [1.82, 2.24) is 14.9 Å². The van der Waals surface area contributed by atoms with E-state index in [1.165, 1.54) is 28.0 Å². The average Bonchev–Trinajstić information content (AvgIpc) is 3.31. The Morgan fingerprint density at radius 3 is 2.96 bits per heavy atom. The smallest absolute Gasteiger partial charge is 0.272 e. The molecule has 0 fully saturated rings. The minimum Gasteiger partial charge on any atom is -0.355 e. The highest BCUT2D eigenvalue weighted by Gasteiger charge is 2.14. The van der Waals surface area contributed by atoms with E-state index in [1.54, 1.807) is 15.9 Å². The first-order valence-corrected chi connectivity index (χ1v) is 11.3. The molecule has 0 unspecified atom stereocenters. The van der Waals surface area contributed by atoms with Crippen molar-refractivity contribution < 1.29 is 4.79 Å². The van der Waals surface area contributed by atoms with Gasteiger partial charge in [-0.1, -0.05) is 31.2 Å². The Bertz CT molecular complexity index is 916. The molecule has 0 aliphatic rings. The van der Waals surface area contributed by atoms with E-state index in [2.05, 4.69) is 23.3 Å². The van der Waals surface area contributed by atoms with Crippen LogP contribution in [0.5, 0.6) is 0 Å². The second-order valence-corrected chi connectivity index (χ2v) is 8.70. The third kappa shape index (κ3) is 4.75. The van der Waals surface area contributed by atoms with Gasteiger partial charge in [0.05, 0.1) is 11.3 Å². The molecule has 1 N–H and O–H groups in total. The normalized spacial score (nSPS) is 11.1. The van der Waals surface area contributed by atoms with Gasteiger partial charge in [-0.05, 0) is 35.7 Å². The molecule has 0 saturated heterocycles. The summed E-state index contributed by atoms with van der Waals surface area (Å²) in [7, 11) is 0. The fourth-order valence-corrected chi connectivity index (χ4v) is 4.83. The van der Waals surface area contributed by atoms with E-state index in [-0.39, 0.29) is 17.2 Å². The number of carbonyl (C=O) groups excluding carboxylic acids is 1. The van der Waals surface area contributed by atoms with E-state index in [4.69, 9.17) is 0 Å². The van der Waals surface area contributed by atoms with Gasteiger partial charge in [-0.3, -0.25) is 14.2 Å². The summed E-state index contributed by atoms with van der Waals surface area (Å²) in [6.07, 6.45) is 2.81. The molecule has 1 amide bonds. The molecule has 0 atom stereocenters. The van der Waals surface area contributed by atoms with E-state index >= 15 is 0 Å². The number of nitrogens with zero attached hydrogens (tertiary/aromatic N) is 2. The first-order valence-electron chi connectivity index (χ1n) is 8.59. The standard InChI is InChI=1S/C18H21N3O2S3/c1-2-3-8-19-15(22)12-26-18-20-14-7-11-25-16(14)17(23)21(18)9-6-13-5-4-10-24-13/h4-5,7,10-11H,2-3,6,8-9,12H2,1H3,(H,19,22). The summed E-state index contributed by atoms with van der Waals surface area (Å²) in [4.78, 5) is 30.7. The Kier molecular flexibility index (Phi) is 6.87. The highest BCUT2D eigenvalue weighted by molar-refractivity contribution is 7.99. The van der Waals surface area contributed by atoms with Gasteiger partial charge in [0.15, 0.2) is 5.16 Å². The summed E-state index contributed by atoms with van der Waals surface area (Å²) >= 11 is 4.43. The van der Waals surface area contributed by atoms with Gasteiger partial charge in [0.2, 0.25) is 5.91 Å². The molecule has 0 aromatic carbocycles.